The number of hydrogen-bond donors (Lipinski definition) is 0. The van der Waals surface area contributed by atoms with Gasteiger partial charge in [-0.1, -0.05) is 0 Å². The second kappa shape index (κ2) is 10.8. The molecule has 7 heteroatoms. The molecule has 1 amide bonds. The fourth-order valence-electron chi connectivity index (χ4n) is 4.59. The van der Waals surface area contributed by atoms with Gasteiger partial charge in [0.05, 0.1) is 12.7 Å². The number of nitrogens with zero attached hydrogens (tertiary/aromatic N) is 2. The minimum Gasteiger partial charge on any atom is -0.490 e. The van der Waals surface area contributed by atoms with E-state index in [4.69, 9.17) is 14.2 Å². The van der Waals surface area contributed by atoms with Crippen molar-refractivity contribution in [3.8, 4) is 5.75 Å². The summed E-state index contributed by atoms with van der Waals surface area (Å²) >= 11 is 0. The molecular formula is C26H40N2O5. The Bertz CT molecular complexity index is 788. The molecule has 2 fully saturated rings. The van der Waals surface area contributed by atoms with Gasteiger partial charge in [0.15, 0.2) is 0 Å². The van der Waals surface area contributed by atoms with Gasteiger partial charge in [-0.3, -0.25) is 4.90 Å². The standard InChI is InChI=1S/C26H40N2O5/c1-18(2)28(17-19-11-13-27(14-12-19)25(30)33-26(3,4)5)21-15-23(16-21)32-22-9-7-20(8-10-22)24(29)31-6/h7-10,18-19,21,23H,11-17H2,1-6H3/t21-,23-. The Labute approximate surface area is 198 Å². The van der Waals surface area contributed by atoms with Crippen LogP contribution in [0.2, 0.25) is 0 Å². The summed E-state index contributed by atoms with van der Waals surface area (Å²) in [5, 5.41) is 0. The van der Waals surface area contributed by atoms with Crippen LogP contribution in [0.1, 0.15) is 70.7 Å². The Balaban J connectivity index is 1.44. The summed E-state index contributed by atoms with van der Waals surface area (Å²) in [4.78, 5) is 28.3. The molecule has 1 heterocycles. The molecular weight excluding hydrogens is 420 g/mol. The van der Waals surface area contributed by atoms with E-state index in [1.165, 1.54) is 7.11 Å². The summed E-state index contributed by atoms with van der Waals surface area (Å²) < 4.78 is 16.4. The molecule has 0 N–H and O–H groups in total. The van der Waals surface area contributed by atoms with E-state index >= 15 is 0 Å². The fraction of sp³-hybridized carbons (Fsp3) is 0.692. The topological polar surface area (TPSA) is 68.3 Å². The highest BCUT2D eigenvalue weighted by atomic mass is 16.6. The summed E-state index contributed by atoms with van der Waals surface area (Å²) in [6.45, 7) is 12.8. The normalized spacial score (nSPS) is 21.6. The van der Waals surface area contributed by atoms with Crippen LogP contribution < -0.4 is 4.74 Å². The lowest BCUT2D eigenvalue weighted by molar-refractivity contribution is -0.0134. The van der Waals surface area contributed by atoms with Crippen LogP contribution in [0, 0.1) is 5.92 Å². The van der Waals surface area contributed by atoms with Crippen molar-refractivity contribution in [2.24, 2.45) is 5.92 Å². The SMILES string of the molecule is COC(=O)c1ccc(O[C@H]2C[C@H](N(CC3CCN(C(=O)OC(C)(C)C)CC3)C(C)C)C2)cc1. The van der Waals surface area contributed by atoms with Crippen LogP contribution in [0.25, 0.3) is 0 Å². The molecule has 0 unspecified atom stereocenters. The quantitative estimate of drug-likeness (QED) is 0.548. The average molecular weight is 461 g/mol. The minimum absolute atomic E-state index is 0.194. The van der Waals surface area contributed by atoms with Gasteiger partial charge in [0.25, 0.3) is 0 Å². The Morgan fingerprint density at radius 2 is 1.70 bits per heavy atom. The lowest BCUT2D eigenvalue weighted by Gasteiger charge is -2.46. The van der Waals surface area contributed by atoms with Crippen molar-refractivity contribution in [1.29, 1.82) is 0 Å². The smallest absolute Gasteiger partial charge is 0.410 e. The van der Waals surface area contributed by atoms with E-state index < -0.39 is 5.60 Å². The van der Waals surface area contributed by atoms with Gasteiger partial charge in [-0.15, -0.1) is 0 Å². The van der Waals surface area contributed by atoms with Gasteiger partial charge in [0.1, 0.15) is 17.5 Å². The summed E-state index contributed by atoms with van der Waals surface area (Å²) in [5.41, 5.74) is 0.0780. The molecule has 0 radical (unpaired) electrons. The van der Waals surface area contributed by atoms with Crippen LogP contribution >= 0.6 is 0 Å². The number of benzene rings is 1. The Hall–Kier alpha value is -2.28. The van der Waals surface area contributed by atoms with E-state index in [1.807, 2.05) is 37.8 Å². The van der Waals surface area contributed by atoms with E-state index in [-0.39, 0.29) is 18.2 Å². The zero-order valence-electron chi connectivity index (χ0n) is 21.0. The first-order valence-corrected chi connectivity index (χ1v) is 12.1. The van der Waals surface area contributed by atoms with Crippen molar-refractivity contribution in [3.63, 3.8) is 0 Å². The van der Waals surface area contributed by atoms with Crippen LogP contribution in [-0.4, -0.2) is 72.4 Å². The Kier molecular flexibility index (Phi) is 8.27. The first kappa shape index (κ1) is 25.3. The van der Waals surface area contributed by atoms with Crippen LogP contribution in [0.15, 0.2) is 24.3 Å². The van der Waals surface area contributed by atoms with Crippen molar-refractivity contribution in [2.45, 2.75) is 84.1 Å². The van der Waals surface area contributed by atoms with Crippen molar-refractivity contribution in [2.75, 3.05) is 26.7 Å². The van der Waals surface area contributed by atoms with E-state index in [0.29, 0.717) is 23.6 Å². The third kappa shape index (κ3) is 7.10. The van der Waals surface area contributed by atoms with Gasteiger partial charge < -0.3 is 19.1 Å². The number of piperidine rings is 1. The highest BCUT2D eigenvalue weighted by Gasteiger charge is 2.38. The molecule has 1 aliphatic carbocycles. The maximum atomic E-state index is 12.3. The Morgan fingerprint density at radius 3 is 2.21 bits per heavy atom. The second-order valence-electron chi connectivity index (χ2n) is 10.6. The molecule has 1 saturated heterocycles. The first-order valence-electron chi connectivity index (χ1n) is 12.1. The molecule has 1 aromatic carbocycles. The third-order valence-corrected chi connectivity index (χ3v) is 6.52. The van der Waals surface area contributed by atoms with Gasteiger partial charge in [0, 0.05) is 44.6 Å². The van der Waals surface area contributed by atoms with Gasteiger partial charge in [-0.05, 0) is 77.6 Å². The lowest BCUT2D eigenvalue weighted by atomic mass is 9.85. The van der Waals surface area contributed by atoms with Gasteiger partial charge in [-0.25, -0.2) is 9.59 Å². The first-order chi connectivity index (χ1) is 15.6. The van der Waals surface area contributed by atoms with Crippen molar-refractivity contribution in [3.05, 3.63) is 29.8 Å². The van der Waals surface area contributed by atoms with E-state index in [9.17, 15) is 9.59 Å². The Morgan fingerprint density at radius 1 is 1.09 bits per heavy atom. The van der Waals surface area contributed by atoms with Crippen LogP contribution in [-0.2, 0) is 9.47 Å². The van der Waals surface area contributed by atoms with Crippen molar-refractivity contribution < 1.29 is 23.8 Å². The van der Waals surface area contributed by atoms with Crippen molar-refractivity contribution >= 4 is 12.1 Å². The minimum atomic E-state index is -0.450. The van der Waals surface area contributed by atoms with Crippen LogP contribution in [0.4, 0.5) is 4.79 Å². The molecule has 1 aromatic rings. The average Bonchev–Trinajstić information content (AvgIpc) is 2.73. The van der Waals surface area contributed by atoms with Crippen molar-refractivity contribution in [1.82, 2.24) is 9.80 Å². The molecule has 0 spiro atoms. The second-order valence-corrected chi connectivity index (χ2v) is 10.6. The van der Waals surface area contributed by atoms with Crippen LogP contribution in [0.5, 0.6) is 5.75 Å². The number of esters is 1. The zero-order chi connectivity index (χ0) is 24.2. The van der Waals surface area contributed by atoms with Crippen LogP contribution in [0.3, 0.4) is 0 Å². The molecule has 33 heavy (non-hydrogen) atoms. The number of carbonyl (C=O) groups is 2. The molecule has 7 nitrogen and oxygen atoms in total. The van der Waals surface area contributed by atoms with Gasteiger partial charge >= 0.3 is 12.1 Å². The number of rotatable bonds is 7. The number of amides is 1. The van der Waals surface area contributed by atoms with Gasteiger partial charge in [0.2, 0.25) is 0 Å². The molecule has 3 rings (SSSR count). The lowest BCUT2D eigenvalue weighted by Crippen LogP contribution is -2.54. The van der Waals surface area contributed by atoms with Gasteiger partial charge in [-0.2, -0.15) is 0 Å². The molecule has 0 atom stereocenters. The predicted molar refractivity (Wildman–Crippen MR) is 128 cm³/mol. The number of hydrogen-bond acceptors (Lipinski definition) is 6. The maximum absolute atomic E-state index is 12.3. The predicted octanol–water partition coefficient (Wildman–Crippen LogP) is 4.74. The molecule has 1 saturated carbocycles. The monoisotopic (exact) mass is 460 g/mol. The van der Waals surface area contributed by atoms with E-state index in [0.717, 1.165) is 51.1 Å². The molecule has 1 aliphatic heterocycles. The summed E-state index contributed by atoms with van der Waals surface area (Å²) in [5.74, 6) is 1.04. The maximum Gasteiger partial charge on any atom is 0.410 e. The number of ether oxygens (including phenoxy) is 3. The molecule has 0 aromatic heterocycles. The fourth-order valence-corrected chi connectivity index (χ4v) is 4.59. The van der Waals surface area contributed by atoms with E-state index in [2.05, 4.69) is 18.7 Å². The summed E-state index contributed by atoms with van der Waals surface area (Å²) in [6.07, 6.45) is 4.06. The molecule has 184 valence electrons. The number of carbonyl (C=O) groups excluding carboxylic acids is 2. The highest BCUT2D eigenvalue weighted by Crippen LogP contribution is 2.33. The molecule has 2 aliphatic rings. The van der Waals surface area contributed by atoms with E-state index in [1.54, 1.807) is 12.1 Å². The largest absolute Gasteiger partial charge is 0.490 e. The zero-order valence-corrected chi connectivity index (χ0v) is 21.0. The summed E-state index contributed by atoms with van der Waals surface area (Å²) in [6, 6.07) is 8.13. The molecule has 0 bridgehead atoms. The highest BCUT2D eigenvalue weighted by molar-refractivity contribution is 5.89. The number of likely N-dealkylation sites (tertiary alicyclic amines) is 1. The third-order valence-electron chi connectivity index (χ3n) is 6.52. The summed E-state index contributed by atoms with van der Waals surface area (Å²) in [7, 11) is 1.38. The number of methoxy groups -OCH3 is 1.